The zero-order chi connectivity index (χ0) is 14.3. The van der Waals surface area contributed by atoms with E-state index in [2.05, 4.69) is 29.8 Å². The summed E-state index contributed by atoms with van der Waals surface area (Å²) in [5, 5.41) is 1.18. The quantitative estimate of drug-likeness (QED) is 0.909. The number of hydrogen-bond acceptors (Lipinski definition) is 2. The van der Waals surface area contributed by atoms with Crippen LogP contribution in [-0.2, 0) is 7.05 Å². The second-order valence-electron chi connectivity index (χ2n) is 5.87. The van der Waals surface area contributed by atoms with Gasteiger partial charge in [-0.25, -0.2) is 0 Å². The Morgan fingerprint density at radius 2 is 1.95 bits per heavy atom. The first-order chi connectivity index (χ1) is 9.56. The van der Waals surface area contributed by atoms with Gasteiger partial charge in [-0.3, -0.25) is 4.79 Å². The monoisotopic (exact) mass is 271 g/mol. The summed E-state index contributed by atoms with van der Waals surface area (Å²) in [6, 6.07) is 5.75. The molecule has 0 saturated carbocycles. The highest BCUT2D eigenvalue weighted by molar-refractivity contribution is 5.98. The lowest BCUT2D eigenvalue weighted by molar-refractivity contribution is 0.100. The SMILES string of the molecule is CN1CCC(c2cn(C)c3ccc(C(N)=O)cc23)CC1. The van der Waals surface area contributed by atoms with E-state index in [0.717, 1.165) is 13.1 Å². The average molecular weight is 271 g/mol. The van der Waals surface area contributed by atoms with E-state index in [-0.39, 0.29) is 5.91 Å². The molecule has 0 radical (unpaired) electrons. The molecule has 4 heteroatoms. The largest absolute Gasteiger partial charge is 0.366 e. The van der Waals surface area contributed by atoms with Crippen LogP contribution in [-0.4, -0.2) is 35.5 Å². The van der Waals surface area contributed by atoms with E-state index in [0.29, 0.717) is 11.5 Å². The Labute approximate surface area is 119 Å². The fourth-order valence-corrected chi connectivity index (χ4v) is 3.22. The smallest absolute Gasteiger partial charge is 0.248 e. The molecule has 1 aromatic carbocycles. The molecule has 1 amide bonds. The Hall–Kier alpha value is -1.81. The molecule has 2 aromatic rings. The molecule has 1 aliphatic rings. The summed E-state index contributed by atoms with van der Waals surface area (Å²) < 4.78 is 2.15. The van der Waals surface area contributed by atoms with Crippen LogP contribution in [0.2, 0.25) is 0 Å². The van der Waals surface area contributed by atoms with Crippen LogP contribution in [0.15, 0.2) is 24.4 Å². The van der Waals surface area contributed by atoms with Gasteiger partial charge in [0.15, 0.2) is 0 Å². The number of nitrogens with zero attached hydrogens (tertiary/aromatic N) is 2. The molecule has 2 N–H and O–H groups in total. The van der Waals surface area contributed by atoms with Crippen molar-refractivity contribution < 1.29 is 4.79 Å². The molecule has 20 heavy (non-hydrogen) atoms. The van der Waals surface area contributed by atoms with Crippen molar-refractivity contribution in [3.63, 3.8) is 0 Å². The number of primary amides is 1. The fraction of sp³-hybridized carbons (Fsp3) is 0.438. The van der Waals surface area contributed by atoms with E-state index in [4.69, 9.17) is 5.73 Å². The fourth-order valence-electron chi connectivity index (χ4n) is 3.22. The van der Waals surface area contributed by atoms with E-state index in [1.807, 2.05) is 18.2 Å². The molecule has 0 unspecified atom stereocenters. The molecule has 1 aromatic heterocycles. The van der Waals surface area contributed by atoms with Gasteiger partial charge in [0.25, 0.3) is 0 Å². The number of aryl methyl sites for hydroxylation is 1. The van der Waals surface area contributed by atoms with Crippen LogP contribution in [0.4, 0.5) is 0 Å². The number of amides is 1. The van der Waals surface area contributed by atoms with E-state index >= 15 is 0 Å². The standard InChI is InChI=1S/C16H21N3O/c1-18-7-5-11(6-8-18)14-10-19(2)15-4-3-12(16(17)20)9-13(14)15/h3-4,9-11H,5-8H2,1-2H3,(H2,17,20). The first kappa shape index (κ1) is 13.2. The number of piperidine rings is 1. The summed E-state index contributed by atoms with van der Waals surface area (Å²) in [5.74, 6) is 0.225. The minimum absolute atomic E-state index is 0.356. The number of fused-ring (bicyclic) bond motifs is 1. The molecule has 0 atom stereocenters. The number of hydrogen-bond donors (Lipinski definition) is 1. The first-order valence-electron chi connectivity index (χ1n) is 7.13. The van der Waals surface area contributed by atoms with Gasteiger partial charge in [-0.05, 0) is 62.7 Å². The summed E-state index contributed by atoms with van der Waals surface area (Å²) in [6.07, 6.45) is 4.57. The first-order valence-corrected chi connectivity index (χ1v) is 7.13. The van der Waals surface area contributed by atoms with Gasteiger partial charge in [0.1, 0.15) is 0 Å². The molecule has 106 valence electrons. The molecule has 0 spiro atoms. The number of aromatic nitrogens is 1. The second-order valence-corrected chi connectivity index (χ2v) is 5.87. The molecular weight excluding hydrogens is 250 g/mol. The Morgan fingerprint density at radius 3 is 2.60 bits per heavy atom. The van der Waals surface area contributed by atoms with Crippen LogP contribution in [0.1, 0.15) is 34.7 Å². The van der Waals surface area contributed by atoms with E-state index in [1.54, 1.807) is 0 Å². The molecule has 1 fully saturated rings. The van der Waals surface area contributed by atoms with Crippen molar-refractivity contribution in [2.45, 2.75) is 18.8 Å². The van der Waals surface area contributed by atoms with Gasteiger partial charge in [-0.1, -0.05) is 0 Å². The number of carbonyl (C=O) groups is 1. The van der Waals surface area contributed by atoms with E-state index < -0.39 is 0 Å². The summed E-state index contributed by atoms with van der Waals surface area (Å²) in [7, 11) is 4.23. The molecule has 2 heterocycles. The van der Waals surface area contributed by atoms with Crippen molar-refractivity contribution in [3.05, 3.63) is 35.5 Å². The minimum Gasteiger partial charge on any atom is -0.366 e. The zero-order valence-electron chi connectivity index (χ0n) is 12.1. The van der Waals surface area contributed by atoms with E-state index in [9.17, 15) is 4.79 Å². The summed E-state index contributed by atoms with van der Waals surface area (Å²) in [5.41, 5.74) is 8.53. The predicted molar refractivity (Wildman–Crippen MR) is 80.9 cm³/mol. The highest BCUT2D eigenvalue weighted by Crippen LogP contribution is 2.34. The van der Waals surface area contributed by atoms with Gasteiger partial charge in [0.2, 0.25) is 5.91 Å². The lowest BCUT2D eigenvalue weighted by Gasteiger charge is -2.28. The topological polar surface area (TPSA) is 51.3 Å². The molecule has 3 rings (SSSR count). The van der Waals surface area contributed by atoms with Crippen LogP contribution in [0.5, 0.6) is 0 Å². The third-order valence-electron chi connectivity index (χ3n) is 4.46. The second kappa shape index (κ2) is 4.94. The number of nitrogens with two attached hydrogens (primary N) is 1. The van der Waals surface area contributed by atoms with Crippen LogP contribution < -0.4 is 5.73 Å². The van der Waals surface area contributed by atoms with Crippen LogP contribution in [0.25, 0.3) is 10.9 Å². The maximum absolute atomic E-state index is 11.4. The van der Waals surface area contributed by atoms with Crippen LogP contribution in [0, 0.1) is 0 Å². The molecular formula is C16H21N3O. The minimum atomic E-state index is -0.356. The van der Waals surface area contributed by atoms with Gasteiger partial charge in [0.05, 0.1) is 0 Å². The third-order valence-corrected chi connectivity index (χ3v) is 4.46. The highest BCUT2D eigenvalue weighted by atomic mass is 16.1. The molecule has 1 aliphatic heterocycles. The molecule has 1 saturated heterocycles. The lowest BCUT2D eigenvalue weighted by Crippen LogP contribution is -2.29. The van der Waals surface area contributed by atoms with Crippen molar-refractivity contribution in [2.75, 3.05) is 20.1 Å². The summed E-state index contributed by atoms with van der Waals surface area (Å²) >= 11 is 0. The maximum atomic E-state index is 11.4. The van der Waals surface area contributed by atoms with Crippen molar-refractivity contribution in [3.8, 4) is 0 Å². The van der Waals surface area contributed by atoms with Crippen molar-refractivity contribution in [1.82, 2.24) is 9.47 Å². The number of likely N-dealkylation sites (tertiary alicyclic amines) is 1. The Morgan fingerprint density at radius 1 is 1.25 bits per heavy atom. The number of benzene rings is 1. The Kier molecular flexibility index (Phi) is 3.26. The predicted octanol–water partition coefficient (Wildman–Crippen LogP) is 2.09. The number of rotatable bonds is 2. The third kappa shape index (κ3) is 2.20. The van der Waals surface area contributed by atoms with Crippen LogP contribution in [0.3, 0.4) is 0 Å². The zero-order valence-corrected chi connectivity index (χ0v) is 12.1. The van der Waals surface area contributed by atoms with Gasteiger partial charge < -0.3 is 15.2 Å². The van der Waals surface area contributed by atoms with Gasteiger partial charge in [-0.2, -0.15) is 0 Å². The molecule has 0 aliphatic carbocycles. The maximum Gasteiger partial charge on any atom is 0.248 e. The normalized spacial score (nSPS) is 17.7. The van der Waals surface area contributed by atoms with Crippen LogP contribution >= 0.6 is 0 Å². The average Bonchev–Trinajstić information content (AvgIpc) is 2.76. The molecule has 0 bridgehead atoms. The van der Waals surface area contributed by atoms with Gasteiger partial charge >= 0.3 is 0 Å². The van der Waals surface area contributed by atoms with Gasteiger partial charge in [0, 0.05) is 29.7 Å². The summed E-state index contributed by atoms with van der Waals surface area (Å²) in [4.78, 5) is 13.8. The van der Waals surface area contributed by atoms with Crippen molar-refractivity contribution >= 4 is 16.8 Å². The van der Waals surface area contributed by atoms with Crippen molar-refractivity contribution in [2.24, 2.45) is 12.8 Å². The Bertz CT molecular complexity index is 651. The summed E-state index contributed by atoms with van der Waals surface area (Å²) in [6.45, 7) is 2.27. The van der Waals surface area contributed by atoms with Crippen molar-refractivity contribution in [1.29, 1.82) is 0 Å². The number of carbonyl (C=O) groups excluding carboxylic acids is 1. The highest BCUT2D eigenvalue weighted by Gasteiger charge is 2.22. The van der Waals surface area contributed by atoms with E-state index in [1.165, 1.54) is 29.3 Å². The lowest BCUT2D eigenvalue weighted by atomic mass is 9.89. The Balaban J connectivity index is 2.05. The molecule has 4 nitrogen and oxygen atoms in total. The van der Waals surface area contributed by atoms with Gasteiger partial charge in [-0.15, -0.1) is 0 Å².